The average molecular weight is 275 g/mol. The Labute approximate surface area is 105 Å². The summed E-state index contributed by atoms with van der Waals surface area (Å²) >= 11 is 5.98. The lowest BCUT2D eigenvalue weighted by atomic mass is 10.2. The van der Waals surface area contributed by atoms with Crippen LogP contribution in [0.15, 0.2) is 18.2 Å². The molecule has 0 aromatic heterocycles. The Morgan fingerprint density at radius 3 is 2.82 bits per heavy atom. The van der Waals surface area contributed by atoms with Gasteiger partial charge in [-0.1, -0.05) is 17.7 Å². The lowest BCUT2D eigenvalue weighted by molar-refractivity contribution is -0.117. The van der Waals surface area contributed by atoms with Crippen molar-refractivity contribution in [3.8, 4) is 0 Å². The van der Waals surface area contributed by atoms with E-state index in [0.29, 0.717) is 23.7 Å². The van der Waals surface area contributed by atoms with E-state index in [-0.39, 0.29) is 0 Å². The quantitative estimate of drug-likeness (QED) is 0.878. The molecule has 1 aliphatic heterocycles. The van der Waals surface area contributed by atoms with Crippen molar-refractivity contribution in [2.24, 2.45) is 0 Å². The molecule has 92 valence electrons. The molecule has 7 heteroatoms. The molecular weight excluding hydrogens is 264 g/mol. The Morgan fingerprint density at radius 1 is 1.47 bits per heavy atom. The van der Waals surface area contributed by atoms with E-state index in [2.05, 4.69) is 0 Å². The second-order valence-electron chi connectivity index (χ2n) is 3.72. The summed E-state index contributed by atoms with van der Waals surface area (Å²) in [5.74, 6) is -0.611. The monoisotopic (exact) mass is 274 g/mol. The number of carbonyl (C=O) groups is 1. The number of amides is 1. The van der Waals surface area contributed by atoms with Crippen LogP contribution in [-0.4, -0.2) is 20.9 Å². The predicted octanol–water partition coefficient (Wildman–Crippen LogP) is 1.08. The summed E-state index contributed by atoms with van der Waals surface area (Å²) < 4.78 is 26.8. The molecule has 17 heavy (non-hydrogen) atoms. The Kier molecular flexibility index (Phi) is 3.01. The smallest absolute Gasteiger partial charge is 0.274 e. The molecule has 1 aliphatic rings. The molecule has 5 nitrogen and oxygen atoms in total. The minimum atomic E-state index is -3.81. The highest BCUT2D eigenvalue weighted by Gasteiger charge is 2.30. The Morgan fingerprint density at radius 2 is 2.18 bits per heavy atom. The molecule has 0 radical (unpaired) electrons. The van der Waals surface area contributed by atoms with E-state index in [1.54, 1.807) is 18.2 Å². The van der Waals surface area contributed by atoms with E-state index in [4.69, 9.17) is 11.6 Å². The highest BCUT2D eigenvalue weighted by atomic mass is 35.5. The van der Waals surface area contributed by atoms with Crippen LogP contribution in [0.1, 0.15) is 12.5 Å². The first-order chi connectivity index (χ1) is 7.92. The molecule has 0 unspecified atom stereocenters. The third-order valence-corrected chi connectivity index (χ3v) is 4.35. The van der Waals surface area contributed by atoms with Crippen LogP contribution in [0.4, 0.5) is 5.69 Å². The normalized spacial score (nSPS) is 14.6. The first-order valence-electron chi connectivity index (χ1n) is 5.00. The SMILES string of the molecule is CC(=O)NS(=O)(=O)N1CCc2c(Cl)cccc21. The molecule has 1 aromatic carbocycles. The second kappa shape index (κ2) is 4.19. The summed E-state index contributed by atoms with van der Waals surface area (Å²) in [5.41, 5.74) is 1.33. The lowest BCUT2D eigenvalue weighted by Gasteiger charge is -2.19. The number of carbonyl (C=O) groups excluding carboxylic acids is 1. The van der Waals surface area contributed by atoms with Crippen molar-refractivity contribution in [1.29, 1.82) is 0 Å². The van der Waals surface area contributed by atoms with Crippen molar-refractivity contribution in [1.82, 2.24) is 4.72 Å². The van der Waals surface area contributed by atoms with Crippen molar-refractivity contribution in [3.05, 3.63) is 28.8 Å². The summed E-state index contributed by atoms with van der Waals surface area (Å²) in [5, 5.41) is 0.544. The first-order valence-corrected chi connectivity index (χ1v) is 6.82. The van der Waals surface area contributed by atoms with Gasteiger partial charge in [0.05, 0.1) is 5.69 Å². The molecule has 2 rings (SSSR count). The number of nitrogens with one attached hydrogen (secondary N) is 1. The van der Waals surface area contributed by atoms with Crippen LogP contribution in [0, 0.1) is 0 Å². The maximum atomic E-state index is 11.9. The zero-order valence-electron chi connectivity index (χ0n) is 9.10. The van der Waals surface area contributed by atoms with Gasteiger partial charge in [-0.3, -0.25) is 9.10 Å². The molecule has 0 bridgehead atoms. The maximum absolute atomic E-state index is 11.9. The minimum absolute atomic E-state index is 0.293. The summed E-state index contributed by atoms with van der Waals surface area (Å²) in [4.78, 5) is 10.9. The highest BCUT2D eigenvalue weighted by molar-refractivity contribution is 7.91. The number of nitrogens with zero attached hydrogens (tertiary/aromatic N) is 1. The number of hydrogen-bond acceptors (Lipinski definition) is 3. The summed E-state index contributed by atoms with van der Waals surface area (Å²) in [6.07, 6.45) is 0.549. The number of halogens is 1. The first kappa shape index (κ1) is 12.2. The predicted molar refractivity (Wildman–Crippen MR) is 65.2 cm³/mol. The molecule has 0 saturated carbocycles. The van der Waals surface area contributed by atoms with Crippen molar-refractivity contribution in [3.63, 3.8) is 0 Å². The van der Waals surface area contributed by atoms with Gasteiger partial charge in [0.1, 0.15) is 0 Å². The van der Waals surface area contributed by atoms with Crippen LogP contribution < -0.4 is 9.03 Å². The van der Waals surface area contributed by atoms with Gasteiger partial charge < -0.3 is 0 Å². The minimum Gasteiger partial charge on any atom is -0.274 e. The van der Waals surface area contributed by atoms with Gasteiger partial charge in [-0.15, -0.1) is 0 Å². The summed E-state index contributed by atoms with van der Waals surface area (Å²) in [7, 11) is -3.81. The van der Waals surface area contributed by atoms with Gasteiger partial charge >= 0.3 is 10.2 Å². The third-order valence-electron chi connectivity index (χ3n) is 2.49. The van der Waals surface area contributed by atoms with E-state index < -0.39 is 16.1 Å². The van der Waals surface area contributed by atoms with E-state index in [1.807, 2.05) is 4.72 Å². The van der Waals surface area contributed by atoms with E-state index >= 15 is 0 Å². The van der Waals surface area contributed by atoms with Crippen LogP contribution >= 0.6 is 11.6 Å². The van der Waals surface area contributed by atoms with Crippen LogP contribution in [0.3, 0.4) is 0 Å². The van der Waals surface area contributed by atoms with Gasteiger partial charge in [0.25, 0.3) is 0 Å². The van der Waals surface area contributed by atoms with Crippen LogP contribution in [0.25, 0.3) is 0 Å². The third kappa shape index (κ3) is 2.23. The van der Waals surface area contributed by atoms with Crippen molar-refractivity contribution < 1.29 is 13.2 Å². The van der Waals surface area contributed by atoms with Crippen LogP contribution in [0.2, 0.25) is 5.02 Å². The Bertz CT molecular complexity index is 571. The highest BCUT2D eigenvalue weighted by Crippen LogP contribution is 2.34. The van der Waals surface area contributed by atoms with Crippen molar-refractivity contribution >= 4 is 33.4 Å². The van der Waals surface area contributed by atoms with E-state index in [9.17, 15) is 13.2 Å². The topological polar surface area (TPSA) is 66.5 Å². The Hall–Kier alpha value is -1.27. The molecule has 1 aromatic rings. The van der Waals surface area contributed by atoms with E-state index in [0.717, 1.165) is 16.8 Å². The molecular formula is C10H11ClN2O3S. The standard InChI is InChI=1S/C10H11ClN2O3S/c1-7(14)12-17(15,16)13-6-5-8-9(11)3-2-4-10(8)13/h2-4H,5-6H2,1H3,(H,12,14). The summed E-state index contributed by atoms with van der Waals surface area (Å²) in [6.45, 7) is 1.45. The molecule has 0 aliphatic carbocycles. The number of anilines is 1. The van der Waals surface area contributed by atoms with Crippen molar-refractivity contribution in [2.45, 2.75) is 13.3 Å². The number of benzene rings is 1. The number of rotatable bonds is 2. The fourth-order valence-corrected chi connectivity index (χ4v) is 3.35. The number of fused-ring (bicyclic) bond motifs is 1. The zero-order valence-corrected chi connectivity index (χ0v) is 10.7. The van der Waals surface area contributed by atoms with Gasteiger partial charge in [-0.2, -0.15) is 8.42 Å². The van der Waals surface area contributed by atoms with Crippen LogP contribution in [0.5, 0.6) is 0 Å². The van der Waals surface area contributed by atoms with Crippen molar-refractivity contribution in [2.75, 3.05) is 10.8 Å². The summed E-state index contributed by atoms with van der Waals surface area (Å²) in [6, 6.07) is 5.07. The molecule has 1 N–H and O–H groups in total. The second-order valence-corrected chi connectivity index (χ2v) is 5.73. The van der Waals surface area contributed by atoms with Gasteiger partial charge in [0, 0.05) is 18.5 Å². The lowest BCUT2D eigenvalue weighted by Crippen LogP contribution is -2.41. The molecule has 0 spiro atoms. The van der Waals surface area contributed by atoms with Gasteiger partial charge in [0.2, 0.25) is 5.91 Å². The largest absolute Gasteiger partial charge is 0.326 e. The average Bonchev–Trinajstić information content (AvgIpc) is 2.61. The fourth-order valence-electron chi connectivity index (χ4n) is 1.85. The molecule has 1 amide bonds. The van der Waals surface area contributed by atoms with Gasteiger partial charge in [-0.05, 0) is 24.1 Å². The fraction of sp³-hybridized carbons (Fsp3) is 0.300. The zero-order chi connectivity index (χ0) is 12.6. The molecule has 0 fully saturated rings. The van der Waals surface area contributed by atoms with Gasteiger partial charge in [0.15, 0.2) is 0 Å². The maximum Gasteiger partial charge on any atom is 0.326 e. The van der Waals surface area contributed by atoms with Gasteiger partial charge in [-0.25, -0.2) is 4.72 Å². The molecule has 1 heterocycles. The van der Waals surface area contributed by atoms with E-state index in [1.165, 1.54) is 0 Å². The number of hydrogen-bond donors (Lipinski definition) is 1. The molecule has 0 saturated heterocycles. The molecule has 0 atom stereocenters. The Balaban J connectivity index is 2.41. The van der Waals surface area contributed by atoms with Crippen LogP contribution in [-0.2, 0) is 21.4 Å².